The first-order chi connectivity index (χ1) is 17.1. The number of carboxylic acid groups (broad SMARTS) is 2. The predicted octanol–water partition coefficient (Wildman–Crippen LogP) is 0.995. The number of Topliss-reactive ketones (excluding diaryl/α,β-unsaturated/α-hetero) is 1. The van der Waals surface area contributed by atoms with Crippen LogP contribution >= 0.6 is 0 Å². The largest absolute Gasteiger partial charge is 0.508 e. The van der Waals surface area contributed by atoms with E-state index in [9.17, 15) is 34.6 Å². The number of phenols is 1. The number of phenolic OH excluding ortho intramolecular Hbond substituents is 1. The lowest BCUT2D eigenvalue weighted by Crippen LogP contribution is -2.56. The van der Waals surface area contributed by atoms with E-state index in [2.05, 4.69) is 5.16 Å². The molecule has 2 aromatic rings. The van der Waals surface area contributed by atoms with E-state index in [0.717, 1.165) is 4.90 Å². The molecule has 12 heteroatoms. The Bertz CT molecular complexity index is 1160. The molecule has 190 valence electrons. The number of nitrogens with zero attached hydrogens (tertiary/aromatic N) is 2. The van der Waals surface area contributed by atoms with Gasteiger partial charge >= 0.3 is 11.9 Å². The van der Waals surface area contributed by atoms with Crippen molar-refractivity contribution in [2.45, 2.75) is 24.9 Å². The predicted molar refractivity (Wildman–Crippen MR) is 124 cm³/mol. The standard InChI is InChI=1S/C24H25N3O9/c25-18(23(31)32)9-10-36-17-7-3-13(4-8-17)20(26-35)19(29)11-15-12-27(22(15)30)21(24(33)34)14-1-5-16(28)6-2-14/h1-8,15,18,21,28,35H,9-12,25H2,(H,31,32)(H,33,34)/b26-20-/t15-,18+,21+/m0/s1. The van der Waals surface area contributed by atoms with Gasteiger partial charge in [0.1, 0.15) is 17.5 Å². The number of hydrogen-bond donors (Lipinski definition) is 5. The van der Waals surface area contributed by atoms with E-state index < -0.39 is 41.6 Å². The number of carbonyl (C=O) groups excluding carboxylic acids is 2. The van der Waals surface area contributed by atoms with Crippen LogP contribution in [0.2, 0.25) is 0 Å². The van der Waals surface area contributed by atoms with Gasteiger partial charge in [-0.05, 0) is 42.0 Å². The number of ketones is 1. The molecule has 0 unspecified atom stereocenters. The first kappa shape index (κ1) is 26.2. The summed E-state index contributed by atoms with van der Waals surface area (Å²) in [5.74, 6) is -3.93. The van der Waals surface area contributed by atoms with E-state index in [1.807, 2.05) is 0 Å². The van der Waals surface area contributed by atoms with Gasteiger partial charge in [-0.15, -0.1) is 0 Å². The number of ether oxygens (including phenoxy) is 1. The smallest absolute Gasteiger partial charge is 0.331 e. The molecule has 0 radical (unpaired) electrons. The second-order valence-corrected chi connectivity index (χ2v) is 8.20. The number of likely N-dealkylation sites (tertiary alicyclic amines) is 1. The van der Waals surface area contributed by atoms with Gasteiger partial charge < -0.3 is 35.9 Å². The monoisotopic (exact) mass is 499 g/mol. The van der Waals surface area contributed by atoms with Crippen molar-refractivity contribution < 1.29 is 44.4 Å². The Morgan fingerprint density at radius 1 is 1.06 bits per heavy atom. The zero-order valence-corrected chi connectivity index (χ0v) is 19.0. The molecule has 6 N–H and O–H groups in total. The normalized spacial score (nSPS) is 17.1. The third-order valence-corrected chi connectivity index (χ3v) is 5.74. The third kappa shape index (κ3) is 5.96. The maximum absolute atomic E-state index is 12.7. The Morgan fingerprint density at radius 2 is 1.69 bits per heavy atom. The minimum absolute atomic E-state index is 0.0202. The highest BCUT2D eigenvalue weighted by molar-refractivity contribution is 6.46. The molecular weight excluding hydrogens is 474 g/mol. The molecule has 3 atom stereocenters. The Kier molecular flexibility index (Phi) is 8.22. The first-order valence-corrected chi connectivity index (χ1v) is 10.9. The fourth-order valence-electron chi connectivity index (χ4n) is 3.76. The maximum Gasteiger partial charge on any atom is 0.331 e. The molecule has 12 nitrogen and oxygen atoms in total. The van der Waals surface area contributed by atoms with Crippen LogP contribution in [0.25, 0.3) is 0 Å². The van der Waals surface area contributed by atoms with Crippen molar-refractivity contribution in [2.24, 2.45) is 16.8 Å². The average molecular weight is 499 g/mol. The molecule has 2 aromatic carbocycles. The van der Waals surface area contributed by atoms with Crippen LogP contribution in [-0.4, -0.2) is 74.0 Å². The van der Waals surface area contributed by atoms with Gasteiger partial charge in [0.05, 0.1) is 12.5 Å². The van der Waals surface area contributed by atoms with Gasteiger partial charge in [-0.25, -0.2) is 4.79 Å². The topological polar surface area (TPSA) is 200 Å². The number of nitrogens with two attached hydrogens (primary N) is 1. The summed E-state index contributed by atoms with van der Waals surface area (Å²) in [4.78, 5) is 49.0. The molecule has 1 aliphatic heterocycles. The van der Waals surface area contributed by atoms with Crippen LogP contribution in [0.4, 0.5) is 0 Å². The summed E-state index contributed by atoms with van der Waals surface area (Å²) in [7, 11) is 0. The summed E-state index contributed by atoms with van der Waals surface area (Å²) in [6.45, 7) is 0.0842. The number of oxime groups is 1. The Hall–Kier alpha value is -4.45. The molecule has 1 heterocycles. The van der Waals surface area contributed by atoms with Crippen LogP contribution in [0, 0.1) is 5.92 Å². The highest BCUT2D eigenvalue weighted by atomic mass is 16.5. The van der Waals surface area contributed by atoms with Gasteiger partial charge in [0.15, 0.2) is 17.5 Å². The van der Waals surface area contributed by atoms with E-state index in [-0.39, 0.29) is 43.0 Å². The Labute approximate surface area is 205 Å². The fourth-order valence-corrected chi connectivity index (χ4v) is 3.76. The molecule has 0 aliphatic carbocycles. The number of β-lactam (4-membered cyclic amide) rings is 1. The SMILES string of the molecule is N[C@H](CCOc1ccc(/C(=N/O)C(=O)C[C@H]2CN([C@@H](C(=O)O)c3ccc(O)cc3)C2=O)cc1)C(=O)O. The number of amides is 1. The second kappa shape index (κ2) is 11.3. The van der Waals surface area contributed by atoms with Crippen LogP contribution in [-0.2, 0) is 19.2 Å². The molecule has 0 aromatic heterocycles. The Balaban J connectivity index is 1.59. The van der Waals surface area contributed by atoms with E-state index in [4.69, 9.17) is 15.6 Å². The van der Waals surface area contributed by atoms with Crippen LogP contribution in [0.15, 0.2) is 53.7 Å². The van der Waals surface area contributed by atoms with Gasteiger partial charge in [-0.1, -0.05) is 17.3 Å². The summed E-state index contributed by atoms with van der Waals surface area (Å²) in [5, 5.41) is 40.3. The number of carbonyl (C=O) groups is 4. The van der Waals surface area contributed by atoms with Crippen LogP contribution in [0.1, 0.15) is 30.0 Å². The van der Waals surface area contributed by atoms with Crippen molar-refractivity contribution in [1.82, 2.24) is 4.90 Å². The molecular formula is C24H25N3O9. The van der Waals surface area contributed by atoms with Crippen molar-refractivity contribution in [1.29, 1.82) is 0 Å². The van der Waals surface area contributed by atoms with Crippen LogP contribution in [0.3, 0.4) is 0 Å². The minimum Gasteiger partial charge on any atom is -0.508 e. The second-order valence-electron chi connectivity index (χ2n) is 8.20. The van der Waals surface area contributed by atoms with E-state index >= 15 is 0 Å². The molecule has 1 aliphatic rings. The fraction of sp³-hybridized carbons (Fsp3) is 0.292. The average Bonchev–Trinajstić information content (AvgIpc) is 2.85. The minimum atomic E-state index is -1.26. The number of aromatic hydroxyl groups is 1. The van der Waals surface area contributed by atoms with Gasteiger partial charge in [0.2, 0.25) is 5.91 Å². The molecule has 1 saturated heterocycles. The molecule has 0 bridgehead atoms. The summed E-state index contributed by atoms with van der Waals surface area (Å²) >= 11 is 0. The van der Waals surface area contributed by atoms with Gasteiger partial charge in [-0.3, -0.25) is 14.4 Å². The summed E-state index contributed by atoms with van der Waals surface area (Å²) in [5.41, 5.74) is 5.72. The van der Waals surface area contributed by atoms with E-state index in [0.29, 0.717) is 11.3 Å². The molecule has 36 heavy (non-hydrogen) atoms. The lowest BCUT2D eigenvalue weighted by Gasteiger charge is -2.42. The van der Waals surface area contributed by atoms with Gasteiger partial charge in [-0.2, -0.15) is 0 Å². The first-order valence-electron chi connectivity index (χ1n) is 10.9. The summed E-state index contributed by atoms with van der Waals surface area (Å²) < 4.78 is 5.41. The molecule has 1 fully saturated rings. The van der Waals surface area contributed by atoms with Crippen molar-refractivity contribution in [2.75, 3.05) is 13.2 Å². The zero-order valence-electron chi connectivity index (χ0n) is 19.0. The number of aliphatic carboxylic acids is 2. The number of rotatable bonds is 12. The van der Waals surface area contributed by atoms with Crippen molar-refractivity contribution in [3.05, 3.63) is 59.7 Å². The number of hydrogen-bond acceptors (Lipinski definition) is 9. The van der Waals surface area contributed by atoms with Gasteiger partial charge in [0.25, 0.3) is 0 Å². The van der Waals surface area contributed by atoms with E-state index in [1.165, 1.54) is 48.5 Å². The van der Waals surface area contributed by atoms with Crippen molar-refractivity contribution in [3.63, 3.8) is 0 Å². The molecule has 1 amide bonds. The number of benzene rings is 2. The Morgan fingerprint density at radius 3 is 2.22 bits per heavy atom. The maximum atomic E-state index is 12.7. The lowest BCUT2D eigenvalue weighted by atomic mass is 9.87. The highest BCUT2D eigenvalue weighted by Gasteiger charge is 2.45. The lowest BCUT2D eigenvalue weighted by molar-refractivity contribution is -0.163. The third-order valence-electron chi connectivity index (χ3n) is 5.74. The van der Waals surface area contributed by atoms with E-state index in [1.54, 1.807) is 0 Å². The van der Waals surface area contributed by atoms with Crippen molar-refractivity contribution >= 4 is 29.3 Å². The quantitative estimate of drug-likeness (QED) is 0.121. The summed E-state index contributed by atoms with van der Waals surface area (Å²) in [6, 6.07) is 9.11. The van der Waals surface area contributed by atoms with Gasteiger partial charge in [0, 0.05) is 24.9 Å². The van der Waals surface area contributed by atoms with Crippen molar-refractivity contribution in [3.8, 4) is 11.5 Å². The van der Waals surface area contributed by atoms with Crippen LogP contribution < -0.4 is 10.5 Å². The molecule has 0 saturated carbocycles. The highest BCUT2D eigenvalue weighted by Crippen LogP contribution is 2.33. The molecule has 3 rings (SSSR count). The van der Waals surface area contributed by atoms with Crippen LogP contribution in [0.5, 0.6) is 11.5 Å². The number of carboxylic acids is 2. The molecule has 0 spiro atoms. The summed E-state index contributed by atoms with van der Waals surface area (Å²) in [6.07, 6.45) is -0.178. The zero-order chi connectivity index (χ0) is 26.4.